The van der Waals surface area contributed by atoms with E-state index in [2.05, 4.69) is 10.5 Å². The summed E-state index contributed by atoms with van der Waals surface area (Å²) in [7, 11) is 1.51. The van der Waals surface area contributed by atoms with Gasteiger partial charge in [-0.3, -0.25) is 4.79 Å². The Morgan fingerprint density at radius 2 is 2.04 bits per heavy atom. The smallest absolute Gasteiger partial charge is 0.277 e. The van der Waals surface area contributed by atoms with Crippen LogP contribution >= 0.6 is 0 Å². The number of hydrazone groups is 1. The van der Waals surface area contributed by atoms with Crippen molar-refractivity contribution in [2.45, 2.75) is 19.3 Å². The van der Waals surface area contributed by atoms with Gasteiger partial charge in [-0.05, 0) is 36.6 Å². The second-order valence-corrected chi connectivity index (χ2v) is 5.99. The number of halogens is 1. The number of phenols is 1. The maximum Gasteiger partial charge on any atom is 0.277 e. The van der Waals surface area contributed by atoms with Gasteiger partial charge in [-0.15, -0.1) is 0 Å². The van der Waals surface area contributed by atoms with Gasteiger partial charge in [0.15, 0.2) is 18.1 Å². The number of fused-ring (bicyclic) bond motifs is 1. The molecular formula is C19H19FN2O4. The Bertz CT molecular complexity index is 867. The maximum absolute atomic E-state index is 14.0. The molecule has 0 unspecified atom stereocenters. The number of ether oxygens (including phenoxy) is 2. The molecule has 6 nitrogen and oxygen atoms in total. The van der Waals surface area contributed by atoms with Crippen LogP contribution in [0.4, 0.5) is 4.39 Å². The number of para-hydroxylation sites is 2. The average molecular weight is 358 g/mol. The van der Waals surface area contributed by atoms with E-state index in [1.54, 1.807) is 24.3 Å². The number of carbonyl (C=O) groups excluding carboxylic acids is 1. The molecule has 0 saturated heterocycles. The summed E-state index contributed by atoms with van der Waals surface area (Å²) in [5.74, 6) is -0.0775. The molecule has 0 aliphatic heterocycles. The summed E-state index contributed by atoms with van der Waals surface area (Å²) in [6, 6.07) is 9.49. The number of nitrogens with zero attached hydrogens (tertiary/aromatic N) is 1. The molecule has 1 aliphatic carbocycles. The molecular weight excluding hydrogens is 339 g/mol. The summed E-state index contributed by atoms with van der Waals surface area (Å²) in [4.78, 5) is 12.0. The monoisotopic (exact) mass is 358 g/mol. The lowest BCUT2D eigenvalue weighted by Crippen LogP contribution is -2.25. The molecule has 2 aromatic carbocycles. The van der Waals surface area contributed by atoms with Crippen LogP contribution < -0.4 is 14.9 Å². The van der Waals surface area contributed by atoms with Crippen molar-refractivity contribution in [1.29, 1.82) is 0 Å². The predicted octanol–water partition coefficient (Wildman–Crippen LogP) is 2.95. The number of amides is 1. The summed E-state index contributed by atoms with van der Waals surface area (Å²) < 4.78 is 24.6. The van der Waals surface area contributed by atoms with Crippen molar-refractivity contribution in [2.75, 3.05) is 13.7 Å². The van der Waals surface area contributed by atoms with Gasteiger partial charge in [0, 0.05) is 11.1 Å². The number of benzene rings is 2. The van der Waals surface area contributed by atoms with Crippen LogP contribution in [0.5, 0.6) is 17.2 Å². The van der Waals surface area contributed by atoms with Gasteiger partial charge >= 0.3 is 0 Å². The van der Waals surface area contributed by atoms with Crippen LogP contribution in [-0.2, 0) is 4.79 Å². The van der Waals surface area contributed by atoms with Crippen LogP contribution in [0.1, 0.15) is 30.4 Å². The van der Waals surface area contributed by atoms with Crippen LogP contribution in [0.25, 0.3) is 0 Å². The Hall–Kier alpha value is -3.09. The molecule has 0 radical (unpaired) electrons. The third-order valence-corrected chi connectivity index (χ3v) is 4.19. The van der Waals surface area contributed by atoms with Gasteiger partial charge in [-0.25, -0.2) is 9.82 Å². The van der Waals surface area contributed by atoms with E-state index in [-0.39, 0.29) is 24.1 Å². The molecule has 26 heavy (non-hydrogen) atoms. The molecule has 136 valence electrons. The van der Waals surface area contributed by atoms with Gasteiger partial charge in [0.2, 0.25) is 0 Å². The quantitative estimate of drug-likeness (QED) is 0.806. The maximum atomic E-state index is 14.0. The number of methoxy groups -OCH3 is 1. The van der Waals surface area contributed by atoms with Gasteiger partial charge in [0.1, 0.15) is 11.6 Å². The van der Waals surface area contributed by atoms with Crippen LogP contribution in [0, 0.1) is 5.82 Å². The van der Waals surface area contributed by atoms with Crippen molar-refractivity contribution < 1.29 is 23.8 Å². The fraction of sp³-hybridized carbons (Fsp3) is 0.263. The first kappa shape index (κ1) is 17.7. The van der Waals surface area contributed by atoms with Crippen LogP contribution in [0.3, 0.4) is 0 Å². The largest absolute Gasteiger partial charge is 0.507 e. The molecule has 2 aromatic rings. The molecule has 0 aromatic heterocycles. The van der Waals surface area contributed by atoms with E-state index < -0.39 is 5.91 Å². The standard InChI is InChI=1S/C19H19FN2O4/c1-11-9-13(19-14(23)8-7-12(20)18(11)19)21-22-17(24)10-26-16-6-4-3-5-15(16)25-2/h3-8,11,23H,9-10H2,1-2H3,(H,22,24)/b21-13+/t11-/m1/s1. The third kappa shape index (κ3) is 3.46. The Morgan fingerprint density at radius 3 is 2.77 bits per heavy atom. The average Bonchev–Trinajstić information content (AvgIpc) is 2.99. The molecule has 1 aliphatic rings. The zero-order valence-corrected chi connectivity index (χ0v) is 14.5. The molecule has 1 atom stereocenters. The van der Waals surface area contributed by atoms with E-state index >= 15 is 0 Å². The highest BCUT2D eigenvalue weighted by molar-refractivity contribution is 6.07. The predicted molar refractivity (Wildman–Crippen MR) is 94.3 cm³/mol. The van der Waals surface area contributed by atoms with E-state index in [1.807, 2.05) is 6.92 Å². The Kier molecular flexibility index (Phi) is 5.06. The lowest BCUT2D eigenvalue weighted by molar-refractivity contribution is -0.123. The second-order valence-electron chi connectivity index (χ2n) is 5.99. The molecule has 0 spiro atoms. The van der Waals surface area contributed by atoms with E-state index in [0.717, 1.165) is 0 Å². The van der Waals surface area contributed by atoms with Crippen LogP contribution in [0.2, 0.25) is 0 Å². The highest BCUT2D eigenvalue weighted by Gasteiger charge is 2.30. The van der Waals surface area contributed by atoms with Crippen LogP contribution in [0.15, 0.2) is 41.5 Å². The zero-order chi connectivity index (χ0) is 18.7. The minimum atomic E-state index is -0.472. The van der Waals surface area contributed by atoms with E-state index in [9.17, 15) is 14.3 Å². The Balaban J connectivity index is 1.68. The van der Waals surface area contributed by atoms with E-state index in [0.29, 0.717) is 34.8 Å². The lowest BCUT2D eigenvalue weighted by atomic mass is 10.0. The van der Waals surface area contributed by atoms with Crippen molar-refractivity contribution >= 4 is 11.6 Å². The number of carbonyl (C=O) groups is 1. The number of rotatable bonds is 5. The first-order valence-electron chi connectivity index (χ1n) is 8.14. The van der Waals surface area contributed by atoms with Crippen molar-refractivity contribution in [3.8, 4) is 17.2 Å². The highest BCUT2D eigenvalue weighted by Crippen LogP contribution is 2.39. The summed E-state index contributed by atoms with van der Waals surface area (Å²) >= 11 is 0. The first-order valence-corrected chi connectivity index (χ1v) is 8.14. The third-order valence-electron chi connectivity index (χ3n) is 4.19. The summed E-state index contributed by atoms with van der Waals surface area (Å²) in [5, 5.41) is 14.1. The van der Waals surface area contributed by atoms with Crippen molar-refractivity contribution in [3.05, 3.63) is 53.3 Å². The molecule has 0 heterocycles. The molecule has 1 amide bonds. The normalized spacial score (nSPS) is 17.0. The van der Waals surface area contributed by atoms with Gasteiger partial charge in [0.25, 0.3) is 5.91 Å². The summed E-state index contributed by atoms with van der Waals surface area (Å²) in [6.45, 7) is 1.59. The second kappa shape index (κ2) is 7.43. The molecule has 7 heteroatoms. The Labute approximate surface area is 150 Å². The first-order chi connectivity index (χ1) is 12.5. The number of phenolic OH excluding ortho intramolecular Hbond substituents is 1. The van der Waals surface area contributed by atoms with Gasteiger partial charge in [-0.1, -0.05) is 19.1 Å². The number of hydrogen-bond acceptors (Lipinski definition) is 5. The number of hydrogen-bond donors (Lipinski definition) is 2. The summed E-state index contributed by atoms with van der Waals surface area (Å²) in [6.07, 6.45) is 0.428. The van der Waals surface area contributed by atoms with E-state index in [4.69, 9.17) is 9.47 Å². The van der Waals surface area contributed by atoms with Gasteiger partial charge in [-0.2, -0.15) is 5.10 Å². The van der Waals surface area contributed by atoms with Crippen LogP contribution in [-0.4, -0.2) is 30.4 Å². The van der Waals surface area contributed by atoms with E-state index in [1.165, 1.54) is 19.2 Å². The minimum absolute atomic E-state index is 0.0518. The van der Waals surface area contributed by atoms with Gasteiger partial charge in [0.05, 0.1) is 12.8 Å². The van der Waals surface area contributed by atoms with Crippen molar-refractivity contribution in [3.63, 3.8) is 0 Å². The fourth-order valence-electron chi connectivity index (χ4n) is 3.01. The zero-order valence-electron chi connectivity index (χ0n) is 14.5. The fourth-order valence-corrected chi connectivity index (χ4v) is 3.01. The topological polar surface area (TPSA) is 80.2 Å². The number of aromatic hydroxyl groups is 1. The Morgan fingerprint density at radius 1 is 1.31 bits per heavy atom. The van der Waals surface area contributed by atoms with Gasteiger partial charge < -0.3 is 14.6 Å². The van der Waals surface area contributed by atoms with Crippen molar-refractivity contribution in [2.24, 2.45) is 5.10 Å². The van der Waals surface area contributed by atoms with Crippen molar-refractivity contribution in [1.82, 2.24) is 5.43 Å². The highest BCUT2D eigenvalue weighted by atomic mass is 19.1. The molecule has 0 saturated carbocycles. The molecule has 3 rings (SSSR count). The molecule has 0 bridgehead atoms. The molecule has 2 N–H and O–H groups in total. The SMILES string of the molecule is COc1ccccc1OCC(=O)N/N=C1\C[C@@H](C)c2c(F)ccc(O)c21. The lowest BCUT2D eigenvalue weighted by Gasteiger charge is -2.09. The number of nitrogens with one attached hydrogen (secondary N) is 1. The minimum Gasteiger partial charge on any atom is -0.507 e. The molecule has 0 fully saturated rings. The summed E-state index contributed by atoms with van der Waals surface area (Å²) in [5.41, 5.74) is 3.60.